The lowest BCUT2D eigenvalue weighted by Gasteiger charge is -2.24. The van der Waals surface area contributed by atoms with Crippen molar-refractivity contribution in [3.05, 3.63) is 0 Å². The third-order valence-corrected chi connectivity index (χ3v) is 4.01. The highest BCUT2D eigenvalue weighted by atomic mass is 127. The van der Waals surface area contributed by atoms with Gasteiger partial charge in [-0.3, -0.25) is 4.99 Å². The Morgan fingerprint density at radius 1 is 1.21 bits per heavy atom. The predicted molar refractivity (Wildman–Crippen MR) is 99.0 cm³/mol. The van der Waals surface area contributed by atoms with E-state index in [4.69, 9.17) is 0 Å². The van der Waals surface area contributed by atoms with Gasteiger partial charge in [0.1, 0.15) is 0 Å². The third kappa shape index (κ3) is 9.82. The first-order valence-corrected chi connectivity index (χ1v) is 8.80. The standard InChI is InChI=1S/C14H29N3S.HI/c1-3-15-14(16-11-7-8-12-18-2)17-13-9-5-4-6-10-13;/h13H,3-12H2,1-2H3,(H2,15,16,17);1H. The Kier molecular flexibility index (Phi) is 13.6. The average molecular weight is 399 g/mol. The number of hydrogen-bond donors (Lipinski definition) is 2. The number of halogens is 1. The second-order valence-corrected chi connectivity index (χ2v) is 5.93. The molecule has 1 aliphatic carbocycles. The summed E-state index contributed by atoms with van der Waals surface area (Å²) in [6.45, 7) is 4.03. The van der Waals surface area contributed by atoms with E-state index in [9.17, 15) is 0 Å². The van der Waals surface area contributed by atoms with E-state index >= 15 is 0 Å². The van der Waals surface area contributed by atoms with Gasteiger partial charge in [-0.25, -0.2) is 0 Å². The van der Waals surface area contributed by atoms with Crippen molar-refractivity contribution < 1.29 is 0 Å². The van der Waals surface area contributed by atoms with Crippen LogP contribution in [0, 0.1) is 0 Å². The first kappa shape index (κ1) is 19.4. The number of guanidine groups is 1. The summed E-state index contributed by atoms with van der Waals surface area (Å²) < 4.78 is 0. The van der Waals surface area contributed by atoms with E-state index in [-0.39, 0.29) is 24.0 Å². The summed E-state index contributed by atoms with van der Waals surface area (Å²) in [5.41, 5.74) is 0. The highest BCUT2D eigenvalue weighted by molar-refractivity contribution is 14.0. The minimum Gasteiger partial charge on any atom is -0.357 e. The van der Waals surface area contributed by atoms with Crippen LogP contribution in [-0.2, 0) is 0 Å². The summed E-state index contributed by atoms with van der Waals surface area (Å²) in [4.78, 5) is 4.66. The number of nitrogens with one attached hydrogen (secondary N) is 2. The molecule has 1 aliphatic rings. The highest BCUT2D eigenvalue weighted by Gasteiger charge is 2.13. The Morgan fingerprint density at radius 3 is 2.58 bits per heavy atom. The van der Waals surface area contributed by atoms with Crippen molar-refractivity contribution in [2.24, 2.45) is 4.99 Å². The maximum Gasteiger partial charge on any atom is 0.191 e. The van der Waals surface area contributed by atoms with Crippen LogP contribution in [0.25, 0.3) is 0 Å². The van der Waals surface area contributed by atoms with Crippen LogP contribution in [0.3, 0.4) is 0 Å². The van der Waals surface area contributed by atoms with Gasteiger partial charge >= 0.3 is 0 Å². The van der Waals surface area contributed by atoms with E-state index in [1.54, 1.807) is 0 Å². The molecule has 0 aromatic carbocycles. The molecule has 0 heterocycles. The summed E-state index contributed by atoms with van der Waals surface area (Å²) in [6, 6.07) is 0.641. The Labute approximate surface area is 140 Å². The fourth-order valence-corrected chi connectivity index (χ4v) is 2.80. The van der Waals surface area contributed by atoms with Crippen molar-refractivity contribution in [2.75, 3.05) is 25.1 Å². The number of rotatable bonds is 7. The van der Waals surface area contributed by atoms with Crippen molar-refractivity contribution in [3.63, 3.8) is 0 Å². The van der Waals surface area contributed by atoms with Crippen molar-refractivity contribution in [1.82, 2.24) is 10.6 Å². The van der Waals surface area contributed by atoms with Gasteiger partial charge in [0, 0.05) is 19.1 Å². The molecule has 0 spiro atoms. The SMILES string of the molecule is CCNC(=NCCCCSC)NC1CCCCC1.I. The van der Waals surface area contributed by atoms with Crippen LogP contribution in [0.2, 0.25) is 0 Å². The van der Waals surface area contributed by atoms with Gasteiger partial charge in [0.15, 0.2) is 5.96 Å². The fraction of sp³-hybridized carbons (Fsp3) is 0.929. The molecule has 1 rings (SSSR count). The van der Waals surface area contributed by atoms with Crippen LogP contribution in [0.15, 0.2) is 4.99 Å². The van der Waals surface area contributed by atoms with E-state index < -0.39 is 0 Å². The van der Waals surface area contributed by atoms with Gasteiger partial charge < -0.3 is 10.6 Å². The summed E-state index contributed by atoms with van der Waals surface area (Å²) in [5.74, 6) is 2.27. The minimum absolute atomic E-state index is 0. The molecule has 0 atom stereocenters. The van der Waals surface area contributed by atoms with Gasteiger partial charge in [0.05, 0.1) is 0 Å². The molecule has 0 radical (unpaired) electrons. The van der Waals surface area contributed by atoms with Crippen LogP contribution < -0.4 is 10.6 Å². The molecular formula is C14H30IN3S. The minimum atomic E-state index is 0. The van der Waals surface area contributed by atoms with Gasteiger partial charge in [-0.05, 0) is 44.6 Å². The first-order chi connectivity index (χ1) is 8.86. The van der Waals surface area contributed by atoms with Crippen molar-refractivity contribution in [1.29, 1.82) is 0 Å². The van der Waals surface area contributed by atoms with E-state index in [0.29, 0.717) is 6.04 Å². The molecule has 2 N–H and O–H groups in total. The lowest BCUT2D eigenvalue weighted by molar-refractivity contribution is 0.410. The Balaban J connectivity index is 0.00000324. The normalized spacial score (nSPS) is 16.8. The summed E-state index contributed by atoms with van der Waals surface area (Å²) >= 11 is 1.92. The van der Waals surface area contributed by atoms with Crippen LogP contribution in [-0.4, -0.2) is 37.1 Å². The topological polar surface area (TPSA) is 36.4 Å². The van der Waals surface area contributed by atoms with Gasteiger partial charge in [0.2, 0.25) is 0 Å². The molecule has 0 aromatic rings. The molecular weight excluding hydrogens is 369 g/mol. The Morgan fingerprint density at radius 2 is 1.95 bits per heavy atom. The number of unbranched alkanes of at least 4 members (excludes halogenated alkanes) is 1. The number of thioether (sulfide) groups is 1. The fourth-order valence-electron chi connectivity index (χ4n) is 2.31. The summed E-state index contributed by atoms with van der Waals surface area (Å²) in [7, 11) is 0. The zero-order valence-corrected chi connectivity index (χ0v) is 15.6. The van der Waals surface area contributed by atoms with Gasteiger partial charge in [-0.1, -0.05) is 19.3 Å². The maximum absolute atomic E-state index is 4.66. The third-order valence-electron chi connectivity index (χ3n) is 3.32. The van der Waals surface area contributed by atoms with Crippen LogP contribution in [0.5, 0.6) is 0 Å². The van der Waals surface area contributed by atoms with E-state index in [0.717, 1.165) is 19.0 Å². The summed E-state index contributed by atoms with van der Waals surface area (Å²) in [6.07, 6.45) is 11.4. The lowest BCUT2D eigenvalue weighted by Crippen LogP contribution is -2.44. The van der Waals surface area contributed by atoms with E-state index in [2.05, 4.69) is 28.8 Å². The smallest absolute Gasteiger partial charge is 0.191 e. The molecule has 0 bridgehead atoms. The molecule has 0 amide bonds. The first-order valence-electron chi connectivity index (χ1n) is 7.40. The lowest BCUT2D eigenvalue weighted by atomic mass is 9.96. The predicted octanol–water partition coefficient (Wildman–Crippen LogP) is 3.64. The molecule has 0 aliphatic heterocycles. The zero-order chi connectivity index (χ0) is 13.1. The van der Waals surface area contributed by atoms with E-state index in [1.807, 2.05) is 11.8 Å². The highest BCUT2D eigenvalue weighted by Crippen LogP contribution is 2.17. The number of aliphatic imine (C=N–C) groups is 1. The monoisotopic (exact) mass is 399 g/mol. The van der Waals surface area contributed by atoms with E-state index in [1.165, 1.54) is 50.7 Å². The van der Waals surface area contributed by atoms with Crippen LogP contribution in [0.1, 0.15) is 51.9 Å². The van der Waals surface area contributed by atoms with Gasteiger partial charge in [0.25, 0.3) is 0 Å². The molecule has 0 saturated heterocycles. The Hall–Kier alpha value is 0.350. The van der Waals surface area contributed by atoms with Crippen molar-refractivity contribution in [3.8, 4) is 0 Å². The van der Waals surface area contributed by atoms with Crippen molar-refractivity contribution >= 4 is 41.7 Å². The Bertz CT molecular complexity index is 231. The van der Waals surface area contributed by atoms with Crippen molar-refractivity contribution in [2.45, 2.75) is 57.9 Å². The van der Waals surface area contributed by atoms with Crippen LogP contribution >= 0.6 is 35.7 Å². The van der Waals surface area contributed by atoms with Crippen LogP contribution in [0.4, 0.5) is 0 Å². The molecule has 114 valence electrons. The molecule has 5 heteroatoms. The molecule has 0 aromatic heterocycles. The molecule has 19 heavy (non-hydrogen) atoms. The average Bonchev–Trinajstić information content (AvgIpc) is 2.40. The van der Waals surface area contributed by atoms with Gasteiger partial charge in [-0.2, -0.15) is 11.8 Å². The molecule has 3 nitrogen and oxygen atoms in total. The second kappa shape index (κ2) is 13.3. The summed E-state index contributed by atoms with van der Waals surface area (Å²) in [5, 5.41) is 6.94. The maximum atomic E-state index is 4.66. The molecule has 0 unspecified atom stereocenters. The van der Waals surface area contributed by atoms with Gasteiger partial charge in [-0.15, -0.1) is 24.0 Å². The molecule has 1 saturated carbocycles. The number of hydrogen-bond acceptors (Lipinski definition) is 2. The zero-order valence-electron chi connectivity index (χ0n) is 12.4. The quantitative estimate of drug-likeness (QED) is 0.297. The number of nitrogens with zero attached hydrogens (tertiary/aromatic N) is 1. The largest absolute Gasteiger partial charge is 0.357 e. The second-order valence-electron chi connectivity index (χ2n) is 4.94. The molecule has 1 fully saturated rings.